The number of hydrogen-bond donors (Lipinski definition) is 0. The molecule has 1 aromatic carbocycles. The summed E-state index contributed by atoms with van der Waals surface area (Å²) in [5.41, 5.74) is 0.543. The number of imide groups is 1. The van der Waals surface area contributed by atoms with Crippen LogP contribution in [0, 0.1) is 0 Å². The van der Waals surface area contributed by atoms with Crippen molar-refractivity contribution in [1.29, 1.82) is 0 Å². The Bertz CT molecular complexity index is 558. The zero-order valence-corrected chi connectivity index (χ0v) is 11.6. The molecule has 2 amide bonds. The number of benzene rings is 1. The van der Waals surface area contributed by atoms with Gasteiger partial charge in [-0.1, -0.05) is 23.6 Å². The first kappa shape index (κ1) is 13.8. The number of rotatable bonds is 3. The largest absolute Gasteiger partial charge is 0.347 e. The predicted octanol–water partition coefficient (Wildman–Crippen LogP) is 1.23. The Labute approximate surface area is 122 Å². The van der Waals surface area contributed by atoms with Crippen LogP contribution in [0.1, 0.15) is 40.0 Å². The summed E-state index contributed by atoms with van der Waals surface area (Å²) in [7, 11) is 0. The molecule has 0 radical (unpaired) electrons. The summed E-state index contributed by atoms with van der Waals surface area (Å²) in [6, 6.07) is 6.44. The van der Waals surface area contributed by atoms with E-state index >= 15 is 0 Å². The molecule has 6 heteroatoms. The Balaban J connectivity index is 1.64. The van der Waals surface area contributed by atoms with Gasteiger partial charge in [-0.05, 0) is 38.1 Å². The fourth-order valence-electron chi connectivity index (χ4n) is 2.68. The van der Waals surface area contributed by atoms with Crippen LogP contribution in [-0.4, -0.2) is 47.4 Å². The smallest absolute Gasteiger partial charge is 0.328 e. The first-order valence-corrected chi connectivity index (χ1v) is 7.08. The van der Waals surface area contributed by atoms with Crippen LogP contribution in [0.15, 0.2) is 24.3 Å². The standard InChI is InChI=1S/C15H16N2O4/c18-13(10-16-8-4-1-5-9-16)21-17-14(19)11-6-2-3-7-12(11)15(17)20/h2-3,6-7H,1,4-5,8-10H2. The molecule has 0 unspecified atom stereocenters. The highest BCUT2D eigenvalue weighted by atomic mass is 16.7. The van der Waals surface area contributed by atoms with E-state index in [-0.39, 0.29) is 17.7 Å². The average molecular weight is 288 g/mol. The van der Waals surface area contributed by atoms with E-state index in [2.05, 4.69) is 0 Å². The van der Waals surface area contributed by atoms with Crippen LogP contribution < -0.4 is 0 Å². The summed E-state index contributed by atoms with van der Waals surface area (Å²) >= 11 is 0. The maximum atomic E-state index is 12.0. The minimum absolute atomic E-state index is 0.105. The van der Waals surface area contributed by atoms with Gasteiger partial charge in [0.15, 0.2) is 0 Å². The molecule has 6 nitrogen and oxygen atoms in total. The Hall–Kier alpha value is -2.21. The van der Waals surface area contributed by atoms with E-state index in [0.29, 0.717) is 5.06 Å². The lowest BCUT2D eigenvalue weighted by Crippen LogP contribution is -2.39. The summed E-state index contributed by atoms with van der Waals surface area (Å²) in [5.74, 6) is -1.74. The maximum absolute atomic E-state index is 12.0. The molecule has 110 valence electrons. The molecule has 0 saturated carbocycles. The summed E-state index contributed by atoms with van der Waals surface area (Å²) in [6.07, 6.45) is 3.28. The molecule has 0 aliphatic carbocycles. The van der Waals surface area contributed by atoms with Crippen molar-refractivity contribution in [2.45, 2.75) is 19.3 Å². The van der Waals surface area contributed by atoms with E-state index in [4.69, 9.17) is 4.84 Å². The van der Waals surface area contributed by atoms with Crippen LogP contribution in [-0.2, 0) is 9.63 Å². The fourth-order valence-corrected chi connectivity index (χ4v) is 2.68. The van der Waals surface area contributed by atoms with Crippen LogP contribution >= 0.6 is 0 Å². The molecular formula is C15H16N2O4. The molecule has 0 N–H and O–H groups in total. The van der Waals surface area contributed by atoms with Gasteiger partial charge in [0.25, 0.3) is 11.8 Å². The predicted molar refractivity (Wildman–Crippen MR) is 73.3 cm³/mol. The van der Waals surface area contributed by atoms with Crippen molar-refractivity contribution in [3.8, 4) is 0 Å². The number of hydroxylamine groups is 2. The lowest BCUT2D eigenvalue weighted by molar-refractivity contribution is -0.170. The van der Waals surface area contributed by atoms with Crippen LogP contribution in [0.2, 0.25) is 0 Å². The second-order valence-corrected chi connectivity index (χ2v) is 5.25. The van der Waals surface area contributed by atoms with Crippen molar-refractivity contribution in [1.82, 2.24) is 9.96 Å². The third-order valence-corrected chi connectivity index (χ3v) is 3.75. The molecule has 0 atom stereocenters. The van der Waals surface area contributed by atoms with Gasteiger partial charge < -0.3 is 4.84 Å². The van der Waals surface area contributed by atoms with Crippen LogP contribution in [0.4, 0.5) is 0 Å². The Morgan fingerprint density at radius 1 is 1.00 bits per heavy atom. The SMILES string of the molecule is O=C(CN1CCCCC1)ON1C(=O)c2ccccc2C1=O. The van der Waals surface area contributed by atoms with Crippen LogP contribution in [0.5, 0.6) is 0 Å². The van der Waals surface area contributed by atoms with Crippen molar-refractivity contribution in [2.24, 2.45) is 0 Å². The highest BCUT2D eigenvalue weighted by Crippen LogP contribution is 2.22. The molecule has 1 aromatic rings. The summed E-state index contributed by atoms with van der Waals surface area (Å²) in [4.78, 5) is 42.9. The van der Waals surface area contributed by atoms with Crippen molar-refractivity contribution in [3.63, 3.8) is 0 Å². The fraction of sp³-hybridized carbons (Fsp3) is 0.400. The zero-order valence-electron chi connectivity index (χ0n) is 11.6. The van der Waals surface area contributed by atoms with Gasteiger partial charge in [0.2, 0.25) is 0 Å². The number of nitrogens with zero attached hydrogens (tertiary/aromatic N) is 2. The number of carbonyl (C=O) groups excluding carboxylic acids is 3. The van der Waals surface area contributed by atoms with Gasteiger partial charge in [0.1, 0.15) is 0 Å². The second kappa shape index (κ2) is 5.65. The normalized spacial score (nSPS) is 18.8. The molecule has 0 aromatic heterocycles. The average Bonchev–Trinajstić information content (AvgIpc) is 2.74. The first-order valence-electron chi connectivity index (χ1n) is 7.08. The van der Waals surface area contributed by atoms with Gasteiger partial charge in [0, 0.05) is 0 Å². The van der Waals surface area contributed by atoms with Gasteiger partial charge in [-0.15, -0.1) is 0 Å². The molecule has 1 fully saturated rings. The topological polar surface area (TPSA) is 66.9 Å². The number of likely N-dealkylation sites (tertiary alicyclic amines) is 1. The molecule has 2 aliphatic rings. The van der Waals surface area contributed by atoms with E-state index in [1.54, 1.807) is 24.3 Å². The van der Waals surface area contributed by atoms with Gasteiger partial charge in [-0.3, -0.25) is 14.5 Å². The van der Waals surface area contributed by atoms with E-state index in [9.17, 15) is 14.4 Å². The highest BCUT2D eigenvalue weighted by molar-refractivity contribution is 6.20. The number of carbonyl (C=O) groups is 3. The summed E-state index contributed by atoms with van der Waals surface area (Å²) < 4.78 is 0. The molecule has 1 saturated heterocycles. The molecule has 0 bridgehead atoms. The third kappa shape index (κ3) is 2.67. The first-order chi connectivity index (χ1) is 10.2. The van der Waals surface area contributed by atoms with Crippen molar-refractivity contribution < 1.29 is 19.2 Å². The Kier molecular flexibility index (Phi) is 3.70. The third-order valence-electron chi connectivity index (χ3n) is 3.75. The molecular weight excluding hydrogens is 272 g/mol. The molecule has 3 rings (SSSR count). The molecule has 2 heterocycles. The summed E-state index contributed by atoms with van der Waals surface area (Å²) in [5, 5.41) is 0.566. The summed E-state index contributed by atoms with van der Waals surface area (Å²) in [6.45, 7) is 1.79. The lowest BCUT2D eigenvalue weighted by atomic mass is 10.1. The van der Waals surface area contributed by atoms with Crippen LogP contribution in [0.3, 0.4) is 0 Å². The Morgan fingerprint density at radius 2 is 1.57 bits per heavy atom. The van der Waals surface area contributed by atoms with Crippen molar-refractivity contribution >= 4 is 17.8 Å². The Morgan fingerprint density at radius 3 is 2.14 bits per heavy atom. The zero-order chi connectivity index (χ0) is 14.8. The van der Waals surface area contributed by atoms with Gasteiger partial charge in [-0.25, -0.2) is 4.79 Å². The van der Waals surface area contributed by atoms with Gasteiger partial charge in [0.05, 0.1) is 17.7 Å². The quantitative estimate of drug-likeness (QED) is 0.783. The minimum Gasteiger partial charge on any atom is -0.328 e. The van der Waals surface area contributed by atoms with Gasteiger partial charge in [-0.2, -0.15) is 0 Å². The highest BCUT2D eigenvalue weighted by Gasteiger charge is 2.38. The monoisotopic (exact) mass is 288 g/mol. The minimum atomic E-state index is -0.581. The molecule has 0 spiro atoms. The van der Waals surface area contributed by atoms with Crippen molar-refractivity contribution in [3.05, 3.63) is 35.4 Å². The molecule has 21 heavy (non-hydrogen) atoms. The number of fused-ring (bicyclic) bond motifs is 1. The van der Waals surface area contributed by atoms with E-state index < -0.39 is 17.8 Å². The van der Waals surface area contributed by atoms with Crippen molar-refractivity contribution in [2.75, 3.05) is 19.6 Å². The van der Waals surface area contributed by atoms with E-state index in [0.717, 1.165) is 25.9 Å². The van der Waals surface area contributed by atoms with E-state index in [1.807, 2.05) is 4.90 Å². The molecule has 2 aliphatic heterocycles. The number of hydrogen-bond acceptors (Lipinski definition) is 5. The number of piperidine rings is 1. The second-order valence-electron chi connectivity index (χ2n) is 5.25. The van der Waals surface area contributed by atoms with Crippen LogP contribution in [0.25, 0.3) is 0 Å². The number of amides is 2. The van der Waals surface area contributed by atoms with Gasteiger partial charge >= 0.3 is 5.97 Å². The maximum Gasteiger partial charge on any atom is 0.347 e. The van der Waals surface area contributed by atoms with E-state index in [1.165, 1.54) is 6.42 Å². The lowest BCUT2D eigenvalue weighted by Gasteiger charge is -2.25.